The summed E-state index contributed by atoms with van der Waals surface area (Å²) >= 11 is 5.46. The number of anilines is 1. The van der Waals surface area contributed by atoms with Gasteiger partial charge in [-0.05, 0) is 38.6 Å². The van der Waals surface area contributed by atoms with Crippen LogP contribution in [0.3, 0.4) is 0 Å². The predicted octanol–water partition coefficient (Wildman–Crippen LogP) is 3.68. The summed E-state index contributed by atoms with van der Waals surface area (Å²) in [6, 6.07) is 7.28. The topological polar surface area (TPSA) is 70.4 Å². The molecule has 1 aromatic heterocycles. The molecule has 1 aliphatic heterocycles. The van der Waals surface area contributed by atoms with E-state index < -0.39 is 11.9 Å². The average Bonchev–Trinajstić information content (AvgIpc) is 3.03. The molecule has 2 aromatic rings. The molecule has 0 fully saturated rings. The van der Waals surface area contributed by atoms with Crippen LogP contribution in [0, 0.1) is 12.7 Å². The van der Waals surface area contributed by atoms with Crippen LogP contribution in [0.1, 0.15) is 37.6 Å². The van der Waals surface area contributed by atoms with Crippen molar-refractivity contribution < 1.29 is 13.7 Å². The molecule has 0 saturated heterocycles. The van der Waals surface area contributed by atoms with E-state index in [1.807, 2.05) is 18.7 Å². The fourth-order valence-electron chi connectivity index (χ4n) is 3.12. The molecule has 1 atom stereocenters. The van der Waals surface area contributed by atoms with Crippen LogP contribution < -0.4 is 10.6 Å². The number of hydrogen-bond donors (Lipinski definition) is 2. The smallest absolute Gasteiger partial charge is 0.257 e. The van der Waals surface area contributed by atoms with E-state index in [-0.39, 0.29) is 5.91 Å². The van der Waals surface area contributed by atoms with Gasteiger partial charge in [0.2, 0.25) is 0 Å². The monoisotopic (exact) mass is 388 g/mol. The van der Waals surface area contributed by atoms with Crippen LogP contribution in [0.4, 0.5) is 10.2 Å². The van der Waals surface area contributed by atoms with Crippen molar-refractivity contribution in [3.05, 3.63) is 58.7 Å². The summed E-state index contributed by atoms with van der Waals surface area (Å²) in [5.74, 6) is 0.0970. The Balaban J connectivity index is 2.04. The summed E-state index contributed by atoms with van der Waals surface area (Å²) in [5.41, 5.74) is 1.44. The fraction of sp³-hybridized carbons (Fsp3) is 0.316. The minimum atomic E-state index is -0.695. The number of amides is 1. The van der Waals surface area contributed by atoms with Gasteiger partial charge in [0.15, 0.2) is 10.9 Å². The van der Waals surface area contributed by atoms with Crippen molar-refractivity contribution in [1.82, 2.24) is 15.4 Å². The first kappa shape index (κ1) is 19.0. The number of aryl methyl sites for hydroxylation is 1. The lowest BCUT2D eigenvalue weighted by Gasteiger charge is -2.37. The van der Waals surface area contributed by atoms with Crippen molar-refractivity contribution in [3.63, 3.8) is 0 Å². The fourth-order valence-corrected chi connectivity index (χ4v) is 3.47. The van der Waals surface area contributed by atoms with E-state index in [9.17, 15) is 9.18 Å². The Morgan fingerprint density at radius 3 is 2.78 bits per heavy atom. The molecular weight excluding hydrogens is 367 g/mol. The third-order valence-electron chi connectivity index (χ3n) is 4.37. The highest BCUT2D eigenvalue weighted by Crippen LogP contribution is 2.32. The molecule has 1 amide bonds. The van der Waals surface area contributed by atoms with Gasteiger partial charge < -0.3 is 20.1 Å². The van der Waals surface area contributed by atoms with Gasteiger partial charge in [-0.25, -0.2) is 4.39 Å². The van der Waals surface area contributed by atoms with Crippen molar-refractivity contribution >= 4 is 29.1 Å². The highest BCUT2D eigenvalue weighted by molar-refractivity contribution is 7.80. The van der Waals surface area contributed by atoms with Crippen LogP contribution in [-0.2, 0) is 4.79 Å². The summed E-state index contributed by atoms with van der Waals surface area (Å²) in [7, 11) is 0. The molecule has 1 aliphatic rings. The molecule has 142 valence electrons. The Hall–Kier alpha value is -2.74. The highest BCUT2D eigenvalue weighted by Gasteiger charge is 2.35. The van der Waals surface area contributed by atoms with E-state index in [0.717, 1.165) is 6.42 Å². The molecule has 0 unspecified atom stereocenters. The molecular formula is C19H21FN4O2S. The number of aromatic nitrogens is 1. The Morgan fingerprint density at radius 2 is 2.15 bits per heavy atom. The van der Waals surface area contributed by atoms with Crippen LogP contribution in [0.5, 0.6) is 0 Å². The van der Waals surface area contributed by atoms with Crippen LogP contribution in [0.25, 0.3) is 0 Å². The van der Waals surface area contributed by atoms with Gasteiger partial charge >= 0.3 is 0 Å². The molecule has 6 nitrogen and oxygen atoms in total. The SMILES string of the molecule is CCCN1C(=S)N[C@H](c2ccccc2F)C(C(=O)Nc2cc(C)on2)=C1C. The first-order valence-corrected chi connectivity index (χ1v) is 9.11. The molecule has 0 aliphatic carbocycles. The van der Waals surface area contributed by atoms with Gasteiger partial charge in [0, 0.05) is 23.9 Å². The van der Waals surface area contributed by atoms with Gasteiger partial charge in [-0.15, -0.1) is 0 Å². The van der Waals surface area contributed by atoms with Gasteiger partial charge in [-0.3, -0.25) is 4.79 Å². The van der Waals surface area contributed by atoms with Crippen LogP contribution >= 0.6 is 12.2 Å². The van der Waals surface area contributed by atoms with E-state index in [0.29, 0.717) is 40.1 Å². The number of carbonyl (C=O) groups is 1. The van der Waals surface area contributed by atoms with E-state index in [1.165, 1.54) is 6.07 Å². The zero-order valence-electron chi connectivity index (χ0n) is 15.4. The number of nitrogens with zero attached hydrogens (tertiary/aromatic N) is 2. The van der Waals surface area contributed by atoms with Gasteiger partial charge in [0.25, 0.3) is 5.91 Å². The maximum Gasteiger partial charge on any atom is 0.257 e. The number of rotatable bonds is 5. The van der Waals surface area contributed by atoms with Gasteiger partial charge in [0.1, 0.15) is 11.6 Å². The Labute approximate surface area is 162 Å². The maximum atomic E-state index is 14.5. The highest BCUT2D eigenvalue weighted by atomic mass is 32.1. The molecule has 3 rings (SSSR count). The number of carbonyl (C=O) groups excluding carboxylic acids is 1. The second-order valence-corrected chi connectivity index (χ2v) is 6.72. The molecule has 27 heavy (non-hydrogen) atoms. The lowest BCUT2D eigenvalue weighted by Crippen LogP contribution is -2.48. The van der Waals surface area contributed by atoms with Crippen molar-refractivity contribution in [2.45, 2.75) is 33.2 Å². The minimum absolute atomic E-state index is 0.306. The number of nitrogens with one attached hydrogen (secondary N) is 2. The molecule has 2 N–H and O–H groups in total. The molecule has 0 saturated carbocycles. The molecule has 0 bridgehead atoms. The lowest BCUT2D eigenvalue weighted by atomic mass is 9.94. The van der Waals surface area contributed by atoms with E-state index in [2.05, 4.69) is 15.8 Å². The number of hydrogen-bond acceptors (Lipinski definition) is 4. The minimum Gasteiger partial charge on any atom is -0.360 e. The zero-order chi connectivity index (χ0) is 19.6. The molecule has 8 heteroatoms. The molecule has 0 spiro atoms. The number of allylic oxidation sites excluding steroid dienone is 1. The van der Waals surface area contributed by atoms with Crippen molar-refractivity contribution in [2.75, 3.05) is 11.9 Å². The largest absolute Gasteiger partial charge is 0.360 e. The van der Waals surface area contributed by atoms with Gasteiger partial charge in [-0.1, -0.05) is 30.3 Å². The van der Waals surface area contributed by atoms with E-state index in [1.54, 1.807) is 31.2 Å². The van der Waals surface area contributed by atoms with Crippen LogP contribution in [0.2, 0.25) is 0 Å². The normalized spacial score (nSPS) is 17.1. The summed E-state index contributed by atoms with van der Waals surface area (Å²) in [4.78, 5) is 14.9. The van der Waals surface area contributed by atoms with Gasteiger partial charge in [0.05, 0.1) is 11.6 Å². The zero-order valence-corrected chi connectivity index (χ0v) is 16.2. The van der Waals surface area contributed by atoms with E-state index in [4.69, 9.17) is 16.7 Å². The molecule has 0 radical (unpaired) electrons. The van der Waals surface area contributed by atoms with Crippen molar-refractivity contribution in [1.29, 1.82) is 0 Å². The quantitative estimate of drug-likeness (QED) is 0.762. The summed E-state index contributed by atoms with van der Waals surface area (Å²) in [6.45, 7) is 6.23. The first-order valence-electron chi connectivity index (χ1n) is 8.70. The average molecular weight is 388 g/mol. The molecule has 2 heterocycles. The Morgan fingerprint density at radius 1 is 1.41 bits per heavy atom. The van der Waals surface area contributed by atoms with Crippen LogP contribution in [0.15, 0.2) is 46.1 Å². The second-order valence-electron chi connectivity index (χ2n) is 6.33. The van der Waals surface area contributed by atoms with Gasteiger partial charge in [-0.2, -0.15) is 0 Å². The summed E-state index contributed by atoms with van der Waals surface area (Å²) in [5, 5.41) is 10.1. The van der Waals surface area contributed by atoms with Crippen molar-refractivity contribution in [3.8, 4) is 0 Å². The van der Waals surface area contributed by atoms with Crippen LogP contribution in [-0.4, -0.2) is 27.6 Å². The summed E-state index contributed by atoms with van der Waals surface area (Å²) in [6.07, 6.45) is 0.848. The Bertz CT molecular complexity index is 909. The number of benzene rings is 1. The molecule has 1 aromatic carbocycles. The van der Waals surface area contributed by atoms with E-state index >= 15 is 0 Å². The summed E-state index contributed by atoms with van der Waals surface area (Å²) < 4.78 is 19.5. The number of halogens is 1. The first-order chi connectivity index (χ1) is 12.9. The third-order valence-corrected chi connectivity index (χ3v) is 4.71. The predicted molar refractivity (Wildman–Crippen MR) is 104 cm³/mol. The van der Waals surface area contributed by atoms with Crippen molar-refractivity contribution in [2.24, 2.45) is 0 Å². The standard InChI is InChI=1S/C19H21FN4O2S/c1-4-9-24-12(3)16(18(25)21-15-10-11(2)26-23-15)17(22-19(24)27)13-7-5-6-8-14(13)20/h5-8,10,17H,4,9H2,1-3H3,(H,22,27)(H,21,23,25)/t17-/m1/s1. The Kier molecular flexibility index (Phi) is 5.55. The number of thiocarbonyl (C=S) groups is 1. The second kappa shape index (κ2) is 7.87. The maximum absolute atomic E-state index is 14.5. The lowest BCUT2D eigenvalue weighted by molar-refractivity contribution is -0.113. The third kappa shape index (κ3) is 3.85.